The number of carbonyl (C=O) groups is 5. The lowest BCUT2D eigenvalue weighted by molar-refractivity contribution is -0.132. The van der Waals surface area contributed by atoms with E-state index in [0.29, 0.717) is 5.56 Å². The van der Waals surface area contributed by atoms with Gasteiger partial charge in [-0.3, -0.25) is 24.0 Å². The number of aromatic hydroxyl groups is 1. The molecule has 2 aromatic rings. The van der Waals surface area contributed by atoms with Crippen LogP contribution in [0.2, 0.25) is 0 Å². The van der Waals surface area contributed by atoms with Crippen LogP contribution in [-0.4, -0.2) is 76.9 Å². The maximum atomic E-state index is 13.0. The fourth-order valence-electron chi connectivity index (χ4n) is 3.81. The molecule has 1 aliphatic heterocycles. The summed E-state index contributed by atoms with van der Waals surface area (Å²) in [5, 5.41) is 19.7. The molecule has 2 aromatic carbocycles. The number of rotatable bonds is 7. The highest BCUT2D eigenvalue weighted by molar-refractivity contribution is 7.99. The minimum Gasteiger partial charge on any atom is -0.508 e. The normalized spacial score (nSPS) is 21.6. The molecule has 1 saturated heterocycles. The number of thioether (sulfide) groups is 1. The maximum absolute atomic E-state index is 13.0. The minimum atomic E-state index is -1.08. The van der Waals surface area contributed by atoms with E-state index >= 15 is 0 Å². The van der Waals surface area contributed by atoms with Gasteiger partial charge < -0.3 is 37.8 Å². The lowest BCUT2D eigenvalue weighted by Gasteiger charge is -2.22. The number of phenolic OH excluding ortho intramolecular Hbond substituents is 1. The second-order valence-corrected chi connectivity index (χ2v) is 10.1. The summed E-state index contributed by atoms with van der Waals surface area (Å²) < 4.78 is 0. The number of nitrogens with one attached hydrogen (secondary N) is 4. The molecule has 0 radical (unpaired) electrons. The van der Waals surface area contributed by atoms with E-state index in [1.165, 1.54) is 12.1 Å². The van der Waals surface area contributed by atoms with Gasteiger partial charge in [-0.2, -0.15) is 11.8 Å². The van der Waals surface area contributed by atoms with Gasteiger partial charge in [0.25, 0.3) is 0 Å². The van der Waals surface area contributed by atoms with Crippen LogP contribution in [0.5, 0.6) is 5.75 Å². The second kappa shape index (κ2) is 14.2. The molecule has 5 amide bonds. The number of amides is 5. The summed E-state index contributed by atoms with van der Waals surface area (Å²) in [4.78, 5) is 63.3. The molecule has 0 aliphatic carbocycles. The number of carbonyl (C=O) groups excluding carboxylic acids is 5. The fourth-order valence-corrected chi connectivity index (χ4v) is 4.90. The molecule has 12 nitrogen and oxygen atoms in total. The molecule has 0 spiro atoms. The van der Waals surface area contributed by atoms with Crippen molar-refractivity contribution in [2.75, 3.05) is 18.1 Å². The zero-order chi connectivity index (χ0) is 28.4. The molecule has 1 fully saturated rings. The molecule has 0 aromatic heterocycles. The fraction of sp³-hybridized carbons (Fsp3) is 0.346. The lowest BCUT2D eigenvalue weighted by atomic mass is 10.0. The molecular weight excluding hydrogens is 524 g/mol. The van der Waals surface area contributed by atoms with Crippen LogP contribution in [0.25, 0.3) is 0 Å². The van der Waals surface area contributed by atoms with Crippen LogP contribution in [0.15, 0.2) is 54.6 Å². The van der Waals surface area contributed by atoms with E-state index in [4.69, 9.17) is 11.5 Å². The second-order valence-electron chi connectivity index (χ2n) is 9.07. The Morgan fingerprint density at radius 1 is 0.974 bits per heavy atom. The van der Waals surface area contributed by atoms with Gasteiger partial charge >= 0.3 is 0 Å². The Bertz CT molecular complexity index is 1180. The van der Waals surface area contributed by atoms with Crippen LogP contribution in [0.4, 0.5) is 0 Å². The Morgan fingerprint density at radius 2 is 1.67 bits per heavy atom. The summed E-state index contributed by atoms with van der Waals surface area (Å²) in [6.45, 7) is -0.437. The van der Waals surface area contributed by atoms with Crippen molar-refractivity contribution in [3.05, 3.63) is 65.7 Å². The molecule has 4 atom stereocenters. The number of phenols is 1. The third-order valence-electron chi connectivity index (χ3n) is 5.95. The Kier molecular flexibility index (Phi) is 10.7. The number of hydrogen-bond donors (Lipinski definition) is 7. The first-order valence-electron chi connectivity index (χ1n) is 12.2. The Hall–Kier alpha value is -4.10. The van der Waals surface area contributed by atoms with E-state index in [-0.39, 0.29) is 30.1 Å². The highest BCUT2D eigenvalue weighted by Gasteiger charge is 2.29. The summed E-state index contributed by atoms with van der Waals surface area (Å²) in [5.74, 6) is -3.09. The molecule has 13 heteroatoms. The zero-order valence-corrected chi connectivity index (χ0v) is 21.9. The molecule has 2 unspecified atom stereocenters. The van der Waals surface area contributed by atoms with E-state index < -0.39 is 60.2 Å². The highest BCUT2D eigenvalue weighted by atomic mass is 32.2. The average molecular weight is 557 g/mol. The zero-order valence-electron chi connectivity index (χ0n) is 21.1. The van der Waals surface area contributed by atoms with Crippen molar-refractivity contribution in [3.8, 4) is 5.75 Å². The molecule has 1 heterocycles. The van der Waals surface area contributed by atoms with Gasteiger partial charge in [0.1, 0.15) is 23.9 Å². The largest absolute Gasteiger partial charge is 0.508 e. The van der Waals surface area contributed by atoms with Gasteiger partial charge in [0.2, 0.25) is 29.5 Å². The maximum Gasteiger partial charge on any atom is 0.243 e. The van der Waals surface area contributed by atoms with Crippen LogP contribution in [-0.2, 0) is 36.8 Å². The van der Waals surface area contributed by atoms with Gasteiger partial charge in [-0.25, -0.2) is 0 Å². The van der Waals surface area contributed by atoms with E-state index in [2.05, 4.69) is 21.3 Å². The van der Waals surface area contributed by atoms with Crippen LogP contribution in [0.1, 0.15) is 11.1 Å². The first-order valence-corrected chi connectivity index (χ1v) is 13.4. The van der Waals surface area contributed by atoms with Crippen LogP contribution in [0.3, 0.4) is 0 Å². The SMILES string of the molecule is NC(=O)C1CSCC(NC(=O)[C@@H](N)Cc2ccc(O)cc2)C(=O)NCC(=O)N[C@@H](Cc2ccccc2)C(=O)N1. The van der Waals surface area contributed by atoms with Gasteiger partial charge in [0.05, 0.1) is 12.6 Å². The molecule has 1 aliphatic rings. The number of nitrogens with two attached hydrogens (primary N) is 2. The standard InChI is InChI=1S/C26H32N6O6S/c27-18(10-16-6-8-17(33)9-7-16)24(36)32-21-14-39-13-20(23(28)35)31-26(38)19(11-15-4-2-1-3-5-15)30-22(34)12-29-25(21)37/h1-9,18-21,33H,10-14,27H2,(H2,28,35)(H,29,37)(H,30,34)(H,31,38)(H,32,36)/t18-,19-,20?,21?/m0/s1. The van der Waals surface area contributed by atoms with Crippen molar-refractivity contribution in [2.24, 2.45) is 11.5 Å². The summed E-state index contributed by atoms with van der Waals surface area (Å²) in [6, 6.07) is 11.1. The first-order chi connectivity index (χ1) is 18.6. The predicted octanol–water partition coefficient (Wildman–Crippen LogP) is -1.69. The summed E-state index contributed by atoms with van der Waals surface area (Å²) in [5.41, 5.74) is 13.0. The first kappa shape index (κ1) is 29.5. The molecule has 9 N–H and O–H groups in total. The van der Waals surface area contributed by atoms with Gasteiger partial charge in [-0.05, 0) is 29.7 Å². The van der Waals surface area contributed by atoms with Crippen molar-refractivity contribution in [1.82, 2.24) is 21.3 Å². The smallest absolute Gasteiger partial charge is 0.243 e. The van der Waals surface area contributed by atoms with E-state index in [9.17, 15) is 29.1 Å². The number of hydrogen-bond acceptors (Lipinski definition) is 8. The molecule has 0 saturated carbocycles. The molecule has 39 heavy (non-hydrogen) atoms. The van der Waals surface area contributed by atoms with Crippen LogP contribution >= 0.6 is 11.8 Å². The average Bonchev–Trinajstić information content (AvgIpc) is 2.91. The Balaban J connectivity index is 1.71. The number of benzene rings is 2. The Morgan fingerprint density at radius 3 is 2.33 bits per heavy atom. The quantitative estimate of drug-likeness (QED) is 0.209. The van der Waals surface area contributed by atoms with E-state index in [0.717, 1.165) is 17.3 Å². The van der Waals surface area contributed by atoms with Gasteiger partial charge in [-0.1, -0.05) is 42.5 Å². The van der Waals surface area contributed by atoms with Gasteiger partial charge in [0.15, 0.2) is 0 Å². The van der Waals surface area contributed by atoms with Gasteiger partial charge in [-0.15, -0.1) is 0 Å². The monoisotopic (exact) mass is 556 g/mol. The minimum absolute atomic E-state index is 0.0260. The third-order valence-corrected chi connectivity index (χ3v) is 7.09. The van der Waals surface area contributed by atoms with E-state index in [1.807, 2.05) is 6.07 Å². The topological polar surface area (TPSA) is 206 Å². The van der Waals surface area contributed by atoms with Crippen LogP contribution < -0.4 is 32.7 Å². The molecule has 3 rings (SSSR count). The van der Waals surface area contributed by atoms with Crippen molar-refractivity contribution < 1.29 is 29.1 Å². The Labute approximate surface area is 229 Å². The predicted molar refractivity (Wildman–Crippen MR) is 145 cm³/mol. The van der Waals surface area contributed by atoms with Crippen molar-refractivity contribution in [2.45, 2.75) is 37.0 Å². The summed E-state index contributed by atoms with van der Waals surface area (Å²) in [6.07, 6.45) is 0.317. The number of primary amides is 1. The van der Waals surface area contributed by atoms with E-state index in [1.54, 1.807) is 36.4 Å². The molecule has 0 bridgehead atoms. The molecule has 208 valence electrons. The van der Waals surface area contributed by atoms with Crippen LogP contribution in [0, 0.1) is 0 Å². The third kappa shape index (κ3) is 9.30. The summed E-state index contributed by atoms with van der Waals surface area (Å²) in [7, 11) is 0. The summed E-state index contributed by atoms with van der Waals surface area (Å²) >= 11 is 1.13. The van der Waals surface area contributed by atoms with Crippen molar-refractivity contribution >= 4 is 41.3 Å². The molecular formula is C26H32N6O6S. The highest BCUT2D eigenvalue weighted by Crippen LogP contribution is 2.12. The lowest BCUT2D eigenvalue weighted by Crippen LogP contribution is -2.56. The van der Waals surface area contributed by atoms with Gasteiger partial charge in [0, 0.05) is 17.9 Å². The van der Waals surface area contributed by atoms with Crippen molar-refractivity contribution in [3.63, 3.8) is 0 Å². The van der Waals surface area contributed by atoms with Crippen molar-refractivity contribution in [1.29, 1.82) is 0 Å².